The zero-order chi connectivity index (χ0) is 18.5. The van der Waals surface area contributed by atoms with Crippen LogP contribution in [0.15, 0.2) is 59.8 Å². The monoisotopic (exact) mass is 371 g/mol. The second kappa shape index (κ2) is 8.09. The number of benzene rings is 2. The average molecular weight is 371 g/mol. The third-order valence-electron chi connectivity index (χ3n) is 3.76. The van der Waals surface area contributed by atoms with Crippen LogP contribution in [0.3, 0.4) is 0 Å². The summed E-state index contributed by atoms with van der Waals surface area (Å²) in [7, 11) is 1.70. The van der Waals surface area contributed by atoms with Crippen LogP contribution in [0.2, 0.25) is 0 Å². The van der Waals surface area contributed by atoms with Crippen molar-refractivity contribution >= 4 is 17.7 Å². The van der Waals surface area contributed by atoms with Crippen molar-refractivity contribution in [2.45, 2.75) is 23.9 Å². The van der Waals surface area contributed by atoms with Gasteiger partial charge in [-0.05, 0) is 47.2 Å². The highest BCUT2D eigenvalue weighted by Gasteiger charge is 2.22. The Morgan fingerprint density at radius 1 is 1.23 bits per heavy atom. The van der Waals surface area contributed by atoms with Gasteiger partial charge in [0.1, 0.15) is 5.82 Å². The number of thioether (sulfide) groups is 1. The van der Waals surface area contributed by atoms with Crippen molar-refractivity contribution in [1.29, 1.82) is 0 Å². The zero-order valence-corrected chi connectivity index (χ0v) is 15.2. The fourth-order valence-corrected chi connectivity index (χ4v) is 3.41. The lowest BCUT2D eigenvalue weighted by molar-refractivity contribution is -0.129. The molecule has 1 aromatic heterocycles. The zero-order valence-electron chi connectivity index (χ0n) is 14.4. The quantitative estimate of drug-likeness (QED) is 0.624. The topological polar surface area (TPSA) is 63.9 Å². The largest absolute Gasteiger partial charge is 0.340 e. The van der Waals surface area contributed by atoms with E-state index in [1.54, 1.807) is 35.7 Å². The molecule has 0 aliphatic carbocycles. The Hall–Kier alpha value is -2.74. The predicted molar refractivity (Wildman–Crippen MR) is 97.3 cm³/mol. The minimum atomic E-state index is -0.387. The fourth-order valence-electron chi connectivity index (χ4n) is 2.49. The molecule has 2 aromatic carbocycles. The first-order chi connectivity index (χ1) is 12.5. The summed E-state index contributed by atoms with van der Waals surface area (Å²) in [5, 5.41) is 11.9. The molecule has 0 fully saturated rings. The maximum Gasteiger partial charge on any atom is 0.235 e. The molecule has 0 saturated carbocycles. The Labute approximate surface area is 155 Å². The number of tetrazole rings is 1. The van der Waals surface area contributed by atoms with Crippen molar-refractivity contribution in [1.82, 2.24) is 25.1 Å². The minimum Gasteiger partial charge on any atom is -0.340 e. The van der Waals surface area contributed by atoms with Crippen LogP contribution in [0, 0.1) is 5.82 Å². The number of halogens is 1. The summed E-state index contributed by atoms with van der Waals surface area (Å²) in [6.07, 6.45) is 0. The van der Waals surface area contributed by atoms with Crippen LogP contribution < -0.4 is 0 Å². The summed E-state index contributed by atoms with van der Waals surface area (Å²) >= 11 is 1.28. The molecule has 1 heterocycles. The Morgan fingerprint density at radius 3 is 2.73 bits per heavy atom. The number of aromatic nitrogens is 4. The molecule has 0 bridgehead atoms. The van der Waals surface area contributed by atoms with E-state index in [1.807, 2.05) is 30.3 Å². The van der Waals surface area contributed by atoms with Gasteiger partial charge in [0, 0.05) is 13.6 Å². The van der Waals surface area contributed by atoms with Crippen molar-refractivity contribution < 1.29 is 9.18 Å². The standard InChI is InChI=1S/C18H18FN5OS/c1-13(17(25)23(2)12-14-7-6-8-15(19)11-14)26-18-20-21-22-24(18)16-9-4-3-5-10-16/h3-11,13H,12H2,1-2H3. The molecule has 26 heavy (non-hydrogen) atoms. The van der Waals surface area contributed by atoms with Crippen LogP contribution in [-0.4, -0.2) is 43.3 Å². The molecule has 0 saturated heterocycles. The van der Waals surface area contributed by atoms with E-state index in [-0.39, 0.29) is 17.0 Å². The molecule has 0 spiro atoms. The van der Waals surface area contributed by atoms with Gasteiger partial charge in [-0.25, -0.2) is 4.39 Å². The Kier molecular flexibility index (Phi) is 5.62. The van der Waals surface area contributed by atoms with Gasteiger partial charge in [0.2, 0.25) is 11.1 Å². The lowest BCUT2D eigenvalue weighted by Crippen LogP contribution is -2.33. The number of carbonyl (C=O) groups is 1. The van der Waals surface area contributed by atoms with E-state index in [0.717, 1.165) is 11.3 Å². The number of hydrogen-bond acceptors (Lipinski definition) is 5. The first-order valence-corrected chi connectivity index (χ1v) is 8.92. The van der Waals surface area contributed by atoms with Crippen LogP contribution in [0.4, 0.5) is 4.39 Å². The molecule has 1 unspecified atom stereocenters. The SMILES string of the molecule is CC(Sc1nnnn1-c1ccccc1)C(=O)N(C)Cc1cccc(F)c1. The number of nitrogens with zero attached hydrogens (tertiary/aromatic N) is 5. The molecule has 0 radical (unpaired) electrons. The normalized spacial score (nSPS) is 12.0. The van der Waals surface area contributed by atoms with Crippen molar-refractivity contribution in [3.05, 3.63) is 66.0 Å². The molecular formula is C18H18FN5OS. The van der Waals surface area contributed by atoms with E-state index in [9.17, 15) is 9.18 Å². The van der Waals surface area contributed by atoms with Gasteiger partial charge in [-0.3, -0.25) is 4.79 Å². The van der Waals surface area contributed by atoms with E-state index in [4.69, 9.17) is 0 Å². The second-order valence-corrected chi connectivity index (χ2v) is 7.10. The highest BCUT2D eigenvalue weighted by Crippen LogP contribution is 2.24. The number of rotatable bonds is 6. The maximum absolute atomic E-state index is 13.3. The van der Waals surface area contributed by atoms with E-state index >= 15 is 0 Å². The van der Waals surface area contributed by atoms with E-state index < -0.39 is 0 Å². The number of hydrogen-bond donors (Lipinski definition) is 0. The van der Waals surface area contributed by atoms with Crippen molar-refractivity contribution in [3.63, 3.8) is 0 Å². The third-order valence-corrected chi connectivity index (χ3v) is 4.78. The Bertz CT molecular complexity index is 886. The molecule has 3 rings (SSSR count). The Morgan fingerprint density at radius 2 is 2.00 bits per heavy atom. The van der Waals surface area contributed by atoms with Gasteiger partial charge in [0.05, 0.1) is 10.9 Å². The molecule has 3 aromatic rings. The van der Waals surface area contributed by atoms with Crippen LogP contribution >= 0.6 is 11.8 Å². The number of carbonyl (C=O) groups excluding carboxylic acids is 1. The van der Waals surface area contributed by atoms with Crippen molar-refractivity contribution in [2.75, 3.05) is 7.05 Å². The summed E-state index contributed by atoms with van der Waals surface area (Å²) < 4.78 is 14.9. The molecule has 6 nitrogen and oxygen atoms in total. The van der Waals surface area contributed by atoms with E-state index in [2.05, 4.69) is 15.5 Å². The smallest absolute Gasteiger partial charge is 0.235 e. The first kappa shape index (κ1) is 18.1. The molecule has 0 N–H and O–H groups in total. The highest BCUT2D eigenvalue weighted by atomic mass is 32.2. The number of para-hydroxylation sites is 1. The highest BCUT2D eigenvalue weighted by molar-refractivity contribution is 8.00. The van der Waals surface area contributed by atoms with Gasteiger partial charge in [0.25, 0.3) is 0 Å². The van der Waals surface area contributed by atoms with E-state index in [1.165, 1.54) is 23.9 Å². The summed E-state index contributed by atoms with van der Waals surface area (Å²) in [4.78, 5) is 14.2. The lowest BCUT2D eigenvalue weighted by atomic mass is 10.2. The average Bonchev–Trinajstić information content (AvgIpc) is 3.09. The summed E-state index contributed by atoms with van der Waals surface area (Å²) in [5.41, 5.74) is 1.57. The van der Waals surface area contributed by atoms with Gasteiger partial charge in [-0.2, -0.15) is 4.68 Å². The molecule has 0 aliphatic heterocycles. The van der Waals surface area contributed by atoms with Gasteiger partial charge in [-0.1, -0.05) is 42.1 Å². The molecular weight excluding hydrogens is 353 g/mol. The first-order valence-electron chi connectivity index (χ1n) is 8.04. The summed E-state index contributed by atoms with van der Waals surface area (Å²) in [6.45, 7) is 2.14. The van der Waals surface area contributed by atoms with Crippen LogP contribution in [0.25, 0.3) is 5.69 Å². The number of amides is 1. The van der Waals surface area contributed by atoms with Gasteiger partial charge in [0.15, 0.2) is 0 Å². The lowest BCUT2D eigenvalue weighted by Gasteiger charge is -2.21. The molecule has 1 atom stereocenters. The fraction of sp³-hybridized carbons (Fsp3) is 0.222. The van der Waals surface area contributed by atoms with Crippen molar-refractivity contribution in [2.24, 2.45) is 0 Å². The van der Waals surface area contributed by atoms with E-state index in [0.29, 0.717) is 11.7 Å². The summed E-state index contributed by atoms with van der Waals surface area (Å²) in [6, 6.07) is 15.7. The second-order valence-electron chi connectivity index (χ2n) is 5.79. The van der Waals surface area contributed by atoms with Crippen molar-refractivity contribution in [3.8, 4) is 5.69 Å². The molecule has 0 aliphatic rings. The van der Waals surface area contributed by atoms with Gasteiger partial charge < -0.3 is 4.90 Å². The maximum atomic E-state index is 13.3. The van der Waals surface area contributed by atoms with Gasteiger partial charge in [-0.15, -0.1) is 5.10 Å². The summed E-state index contributed by atoms with van der Waals surface area (Å²) in [5.74, 6) is -0.394. The molecule has 134 valence electrons. The predicted octanol–water partition coefficient (Wildman–Crippen LogP) is 2.94. The molecule has 8 heteroatoms. The minimum absolute atomic E-state index is 0.0816. The Balaban J connectivity index is 1.67. The van der Waals surface area contributed by atoms with Crippen LogP contribution in [-0.2, 0) is 11.3 Å². The van der Waals surface area contributed by atoms with Crippen LogP contribution in [0.5, 0.6) is 0 Å². The molecule has 1 amide bonds. The van der Waals surface area contributed by atoms with Crippen LogP contribution in [0.1, 0.15) is 12.5 Å². The third kappa shape index (κ3) is 4.26. The van der Waals surface area contributed by atoms with Gasteiger partial charge >= 0.3 is 0 Å².